The topological polar surface area (TPSA) is 63.1 Å². The molecule has 100 valence electrons. The summed E-state index contributed by atoms with van der Waals surface area (Å²) in [5.74, 6) is -1.93. The molecule has 0 radical (unpaired) electrons. The summed E-state index contributed by atoms with van der Waals surface area (Å²) in [6.45, 7) is 1.41. The van der Waals surface area contributed by atoms with Gasteiger partial charge in [0.15, 0.2) is 0 Å². The molecular weight excluding hydrogens is 261 g/mol. The number of hydrogen-bond donors (Lipinski definition) is 1. The first kappa shape index (κ1) is 13.3. The van der Waals surface area contributed by atoms with Crippen LogP contribution in [0.25, 0.3) is 10.9 Å². The Labute approximate surface area is 105 Å². The van der Waals surface area contributed by atoms with Crippen LogP contribution >= 0.6 is 0 Å². The summed E-state index contributed by atoms with van der Waals surface area (Å²) in [5, 5.41) is 9.05. The fourth-order valence-electron chi connectivity index (χ4n) is 1.54. The molecular formula is C12H9F3N2O2. The molecule has 0 amide bonds. The van der Waals surface area contributed by atoms with E-state index in [1.807, 2.05) is 0 Å². The van der Waals surface area contributed by atoms with E-state index < -0.39 is 23.6 Å². The van der Waals surface area contributed by atoms with Crippen molar-refractivity contribution in [2.75, 3.05) is 0 Å². The number of aromatic nitrogens is 2. The number of rotatable bonds is 2. The number of nitrogens with zero attached hydrogens (tertiary/aromatic N) is 2. The highest BCUT2D eigenvalue weighted by atomic mass is 19.4. The van der Waals surface area contributed by atoms with Crippen molar-refractivity contribution in [2.45, 2.75) is 19.0 Å². The lowest BCUT2D eigenvalue weighted by Crippen LogP contribution is -2.11. The maximum absolute atomic E-state index is 12.5. The number of benzene rings is 1. The predicted molar refractivity (Wildman–Crippen MR) is 60.6 cm³/mol. The summed E-state index contributed by atoms with van der Waals surface area (Å²) in [6.07, 6.45) is -3.23. The molecule has 1 aromatic heterocycles. The van der Waals surface area contributed by atoms with Crippen LogP contribution in [0.15, 0.2) is 24.4 Å². The largest absolute Gasteiger partial charge is 0.481 e. The van der Waals surface area contributed by atoms with Crippen molar-refractivity contribution in [2.24, 2.45) is 0 Å². The normalized spacial score (nSPS) is 13.5. The molecule has 0 spiro atoms. The van der Waals surface area contributed by atoms with Crippen molar-refractivity contribution in [3.8, 4) is 0 Å². The van der Waals surface area contributed by atoms with Gasteiger partial charge in [0.1, 0.15) is 11.7 Å². The molecule has 0 saturated carbocycles. The average molecular weight is 270 g/mol. The zero-order valence-corrected chi connectivity index (χ0v) is 9.77. The first-order chi connectivity index (χ1) is 8.79. The quantitative estimate of drug-likeness (QED) is 0.911. The zero-order valence-electron chi connectivity index (χ0n) is 9.77. The molecule has 1 N–H and O–H groups in total. The fourth-order valence-corrected chi connectivity index (χ4v) is 1.54. The number of carboxylic acids is 1. The molecule has 19 heavy (non-hydrogen) atoms. The Hall–Kier alpha value is -2.18. The molecule has 1 heterocycles. The van der Waals surface area contributed by atoms with Crippen LogP contribution in [0, 0.1) is 0 Å². The first-order valence-corrected chi connectivity index (χ1v) is 5.36. The minimum atomic E-state index is -4.43. The van der Waals surface area contributed by atoms with Gasteiger partial charge in [0.25, 0.3) is 0 Å². The van der Waals surface area contributed by atoms with E-state index in [0.717, 1.165) is 12.1 Å². The van der Waals surface area contributed by atoms with Crippen LogP contribution in [0.5, 0.6) is 0 Å². The second-order valence-electron chi connectivity index (χ2n) is 4.06. The summed E-state index contributed by atoms with van der Waals surface area (Å²) in [5.41, 5.74) is -0.506. The highest BCUT2D eigenvalue weighted by Crippen LogP contribution is 2.31. The lowest BCUT2D eigenvalue weighted by Gasteiger charge is -2.09. The number of hydrogen-bond acceptors (Lipinski definition) is 3. The van der Waals surface area contributed by atoms with Gasteiger partial charge in [-0.1, -0.05) is 0 Å². The average Bonchev–Trinajstić information content (AvgIpc) is 2.35. The van der Waals surface area contributed by atoms with Gasteiger partial charge >= 0.3 is 12.1 Å². The lowest BCUT2D eigenvalue weighted by atomic mass is 10.1. The molecule has 1 unspecified atom stereocenters. The van der Waals surface area contributed by atoms with E-state index in [2.05, 4.69) is 9.97 Å². The van der Waals surface area contributed by atoms with Gasteiger partial charge in [-0.3, -0.25) is 4.79 Å². The third-order valence-corrected chi connectivity index (χ3v) is 2.68. The van der Waals surface area contributed by atoms with Gasteiger partial charge in [0.05, 0.1) is 11.1 Å². The van der Waals surface area contributed by atoms with E-state index in [1.165, 1.54) is 19.2 Å². The van der Waals surface area contributed by atoms with Gasteiger partial charge in [-0.2, -0.15) is 13.2 Å². The van der Waals surface area contributed by atoms with E-state index in [9.17, 15) is 18.0 Å². The van der Waals surface area contributed by atoms with E-state index in [0.29, 0.717) is 0 Å². The van der Waals surface area contributed by atoms with Crippen LogP contribution in [0.1, 0.15) is 24.2 Å². The molecule has 0 aliphatic rings. The molecule has 1 aromatic carbocycles. The van der Waals surface area contributed by atoms with Crippen molar-refractivity contribution < 1.29 is 23.1 Å². The molecule has 4 nitrogen and oxygen atoms in total. The molecule has 0 aliphatic heterocycles. The number of aliphatic carboxylic acids is 1. The van der Waals surface area contributed by atoms with E-state index in [4.69, 9.17) is 5.11 Å². The van der Waals surface area contributed by atoms with E-state index >= 15 is 0 Å². The minimum Gasteiger partial charge on any atom is -0.481 e. The first-order valence-electron chi connectivity index (χ1n) is 5.36. The summed E-state index contributed by atoms with van der Waals surface area (Å²) in [7, 11) is 0. The van der Waals surface area contributed by atoms with Crippen molar-refractivity contribution in [1.82, 2.24) is 9.97 Å². The maximum Gasteiger partial charge on any atom is 0.416 e. The highest BCUT2D eigenvalue weighted by Gasteiger charge is 2.30. The number of carbonyl (C=O) groups is 1. The van der Waals surface area contributed by atoms with E-state index in [1.54, 1.807) is 0 Å². The van der Waals surface area contributed by atoms with E-state index in [-0.39, 0.29) is 16.7 Å². The second-order valence-corrected chi connectivity index (χ2v) is 4.06. The van der Waals surface area contributed by atoms with Crippen molar-refractivity contribution in [1.29, 1.82) is 0 Å². The van der Waals surface area contributed by atoms with Gasteiger partial charge in [-0.25, -0.2) is 9.97 Å². The van der Waals surface area contributed by atoms with Gasteiger partial charge in [0.2, 0.25) is 0 Å². The molecule has 0 saturated heterocycles. The zero-order chi connectivity index (χ0) is 14.2. The Morgan fingerprint density at radius 1 is 1.37 bits per heavy atom. The second kappa shape index (κ2) is 4.49. The van der Waals surface area contributed by atoms with Crippen LogP contribution in [-0.4, -0.2) is 21.0 Å². The Bertz CT molecular complexity index is 640. The van der Waals surface area contributed by atoms with Gasteiger partial charge in [-0.05, 0) is 25.1 Å². The van der Waals surface area contributed by atoms with Gasteiger partial charge in [-0.15, -0.1) is 0 Å². The molecule has 2 rings (SSSR count). The third-order valence-electron chi connectivity index (χ3n) is 2.68. The monoisotopic (exact) mass is 270 g/mol. The van der Waals surface area contributed by atoms with Crippen LogP contribution in [0.3, 0.4) is 0 Å². The maximum atomic E-state index is 12.5. The minimum absolute atomic E-state index is 0.0692. The number of fused-ring (bicyclic) bond motifs is 1. The number of halogens is 3. The van der Waals surface area contributed by atoms with Gasteiger partial charge in [0, 0.05) is 11.6 Å². The Balaban J connectivity index is 2.49. The highest BCUT2D eigenvalue weighted by molar-refractivity contribution is 5.80. The number of carboxylic acid groups (broad SMARTS) is 1. The predicted octanol–water partition coefficient (Wildman–Crippen LogP) is 2.84. The SMILES string of the molecule is CC(C(=O)O)c1ncc2cc(C(F)(F)F)ccc2n1. The molecule has 2 aromatic rings. The van der Waals surface area contributed by atoms with Gasteiger partial charge < -0.3 is 5.11 Å². The van der Waals surface area contributed by atoms with Crippen molar-refractivity contribution >= 4 is 16.9 Å². The number of alkyl halides is 3. The Morgan fingerprint density at radius 2 is 2.05 bits per heavy atom. The van der Waals surface area contributed by atoms with Crippen LogP contribution in [0.2, 0.25) is 0 Å². The Morgan fingerprint density at radius 3 is 2.63 bits per heavy atom. The molecule has 7 heteroatoms. The third kappa shape index (κ3) is 2.64. The fraction of sp³-hybridized carbons (Fsp3) is 0.250. The van der Waals surface area contributed by atoms with Crippen LogP contribution < -0.4 is 0 Å². The van der Waals surface area contributed by atoms with Crippen LogP contribution in [0.4, 0.5) is 13.2 Å². The summed E-state index contributed by atoms with van der Waals surface area (Å²) in [4.78, 5) is 18.5. The summed E-state index contributed by atoms with van der Waals surface area (Å²) < 4.78 is 37.5. The molecule has 1 atom stereocenters. The molecule has 0 bridgehead atoms. The molecule has 0 aliphatic carbocycles. The lowest BCUT2D eigenvalue weighted by molar-refractivity contribution is -0.139. The summed E-state index contributed by atoms with van der Waals surface area (Å²) >= 11 is 0. The molecule has 0 fully saturated rings. The standard InChI is InChI=1S/C12H9F3N2O2/c1-6(11(18)19)10-16-5-7-4-8(12(13,14)15)2-3-9(7)17-10/h2-6H,1H3,(H,18,19). The van der Waals surface area contributed by atoms with Crippen LogP contribution in [-0.2, 0) is 11.0 Å². The Kier molecular flexibility index (Phi) is 3.13. The van der Waals surface area contributed by atoms with Crippen molar-refractivity contribution in [3.05, 3.63) is 35.8 Å². The van der Waals surface area contributed by atoms with Crippen molar-refractivity contribution in [3.63, 3.8) is 0 Å². The smallest absolute Gasteiger partial charge is 0.416 e. The summed E-state index contributed by atoms with van der Waals surface area (Å²) in [6, 6.07) is 3.05.